The highest BCUT2D eigenvalue weighted by molar-refractivity contribution is 6.31. The van der Waals surface area contributed by atoms with Gasteiger partial charge in [0.25, 0.3) is 0 Å². The standard InChI is InChI=1S/C15H12ClFO3/c1-9-6-12(3-4-13(9)16)20-8-11-7-10(15(18)19)2-5-14(11)17/h2-7H,8H2,1H3,(H,18,19). The number of hydrogen-bond acceptors (Lipinski definition) is 2. The Hall–Kier alpha value is -2.07. The van der Waals surface area contributed by atoms with Gasteiger partial charge in [-0.1, -0.05) is 11.6 Å². The minimum absolute atomic E-state index is 0.0253. The average molecular weight is 295 g/mol. The van der Waals surface area contributed by atoms with Gasteiger partial charge in [0.15, 0.2) is 0 Å². The van der Waals surface area contributed by atoms with Crippen LogP contribution in [0.3, 0.4) is 0 Å². The van der Waals surface area contributed by atoms with Gasteiger partial charge in [0.05, 0.1) is 5.56 Å². The van der Waals surface area contributed by atoms with E-state index in [1.807, 2.05) is 6.92 Å². The summed E-state index contributed by atoms with van der Waals surface area (Å²) in [5.74, 6) is -1.05. The molecule has 0 heterocycles. The summed E-state index contributed by atoms with van der Waals surface area (Å²) in [4.78, 5) is 10.8. The van der Waals surface area contributed by atoms with Crippen LogP contribution < -0.4 is 4.74 Å². The lowest BCUT2D eigenvalue weighted by Crippen LogP contribution is -2.03. The molecule has 1 N–H and O–H groups in total. The molecule has 104 valence electrons. The molecule has 2 rings (SSSR count). The van der Waals surface area contributed by atoms with Crippen LogP contribution in [0.2, 0.25) is 5.02 Å². The van der Waals surface area contributed by atoms with Crippen molar-refractivity contribution in [2.75, 3.05) is 0 Å². The molecule has 0 aromatic heterocycles. The van der Waals surface area contributed by atoms with Gasteiger partial charge in [-0.25, -0.2) is 9.18 Å². The number of ether oxygens (including phenoxy) is 1. The van der Waals surface area contributed by atoms with Gasteiger partial charge in [0.2, 0.25) is 0 Å². The number of carbonyl (C=O) groups is 1. The topological polar surface area (TPSA) is 46.5 Å². The summed E-state index contributed by atoms with van der Waals surface area (Å²) in [6.45, 7) is 1.79. The molecule has 0 atom stereocenters. The zero-order valence-electron chi connectivity index (χ0n) is 10.7. The number of carboxylic acids is 1. The van der Waals surface area contributed by atoms with Gasteiger partial charge < -0.3 is 9.84 Å². The van der Waals surface area contributed by atoms with E-state index in [1.54, 1.807) is 18.2 Å². The van der Waals surface area contributed by atoms with Crippen molar-refractivity contribution in [3.8, 4) is 5.75 Å². The fourth-order valence-corrected chi connectivity index (χ4v) is 1.80. The number of halogens is 2. The highest BCUT2D eigenvalue weighted by Gasteiger charge is 2.09. The Labute approximate surface area is 120 Å². The highest BCUT2D eigenvalue weighted by atomic mass is 35.5. The van der Waals surface area contributed by atoms with Crippen molar-refractivity contribution < 1.29 is 19.0 Å². The molecule has 2 aromatic rings. The van der Waals surface area contributed by atoms with Crippen molar-refractivity contribution in [2.24, 2.45) is 0 Å². The molecule has 0 saturated carbocycles. The first-order valence-corrected chi connectivity index (χ1v) is 6.26. The predicted octanol–water partition coefficient (Wildman–Crippen LogP) is 4.06. The Balaban J connectivity index is 2.15. The molecule has 0 bridgehead atoms. The second-order valence-corrected chi connectivity index (χ2v) is 4.72. The second-order valence-electron chi connectivity index (χ2n) is 4.31. The van der Waals surface area contributed by atoms with Crippen LogP contribution in [0.25, 0.3) is 0 Å². The van der Waals surface area contributed by atoms with Crippen LogP contribution >= 0.6 is 11.6 Å². The molecule has 0 aliphatic heterocycles. The van der Waals surface area contributed by atoms with Crippen molar-refractivity contribution in [1.29, 1.82) is 0 Å². The van der Waals surface area contributed by atoms with E-state index < -0.39 is 11.8 Å². The number of rotatable bonds is 4. The third kappa shape index (κ3) is 3.27. The van der Waals surface area contributed by atoms with E-state index >= 15 is 0 Å². The first-order chi connectivity index (χ1) is 9.47. The summed E-state index contributed by atoms with van der Waals surface area (Å²) in [7, 11) is 0. The van der Waals surface area contributed by atoms with E-state index in [2.05, 4.69) is 0 Å². The smallest absolute Gasteiger partial charge is 0.335 e. The molecule has 0 saturated heterocycles. The lowest BCUT2D eigenvalue weighted by molar-refractivity contribution is 0.0696. The van der Waals surface area contributed by atoms with Gasteiger partial charge >= 0.3 is 5.97 Å². The monoisotopic (exact) mass is 294 g/mol. The lowest BCUT2D eigenvalue weighted by atomic mass is 10.1. The van der Waals surface area contributed by atoms with Crippen LogP contribution in [0, 0.1) is 12.7 Å². The van der Waals surface area contributed by atoms with Crippen LogP contribution in [0.5, 0.6) is 5.75 Å². The Morgan fingerprint density at radius 1 is 1.30 bits per heavy atom. The Morgan fingerprint density at radius 3 is 2.70 bits per heavy atom. The van der Waals surface area contributed by atoms with E-state index in [0.29, 0.717) is 10.8 Å². The molecule has 0 unspecified atom stereocenters. The maximum Gasteiger partial charge on any atom is 0.335 e. The first-order valence-electron chi connectivity index (χ1n) is 5.88. The number of carboxylic acid groups (broad SMARTS) is 1. The minimum Gasteiger partial charge on any atom is -0.489 e. The van der Waals surface area contributed by atoms with Crippen LogP contribution in [-0.2, 0) is 6.61 Å². The summed E-state index contributed by atoms with van der Waals surface area (Å²) in [6, 6.07) is 8.70. The molecule has 0 spiro atoms. The van der Waals surface area contributed by atoms with Crippen molar-refractivity contribution in [1.82, 2.24) is 0 Å². The molecule has 5 heteroatoms. The fourth-order valence-electron chi connectivity index (χ4n) is 1.69. The zero-order chi connectivity index (χ0) is 14.7. The maximum atomic E-state index is 13.6. The largest absolute Gasteiger partial charge is 0.489 e. The Bertz CT molecular complexity index is 656. The summed E-state index contributed by atoms with van der Waals surface area (Å²) >= 11 is 5.90. The van der Waals surface area contributed by atoms with Crippen molar-refractivity contribution in [3.63, 3.8) is 0 Å². The van der Waals surface area contributed by atoms with Gasteiger partial charge in [0, 0.05) is 10.6 Å². The van der Waals surface area contributed by atoms with E-state index in [0.717, 1.165) is 11.6 Å². The van der Waals surface area contributed by atoms with Crippen LogP contribution in [0.1, 0.15) is 21.5 Å². The molecule has 20 heavy (non-hydrogen) atoms. The van der Waals surface area contributed by atoms with Gasteiger partial charge in [-0.2, -0.15) is 0 Å². The highest BCUT2D eigenvalue weighted by Crippen LogP contribution is 2.22. The van der Waals surface area contributed by atoms with Crippen LogP contribution in [-0.4, -0.2) is 11.1 Å². The summed E-state index contributed by atoms with van der Waals surface area (Å²) in [5, 5.41) is 9.50. The third-order valence-electron chi connectivity index (χ3n) is 2.82. The zero-order valence-corrected chi connectivity index (χ0v) is 11.4. The van der Waals surface area contributed by atoms with E-state index in [1.165, 1.54) is 12.1 Å². The average Bonchev–Trinajstić information content (AvgIpc) is 2.41. The normalized spacial score (nSPS) is 10.3. The molecule has 0 fully saturated rings. The van der Waals surface area contributed by atoms with Gasteiger partial charge in [0.1, 0.15) is 18.2 Å². The van der Waals surface area contributed by atoms with Gasteiger partial charge in [-0.3, -0.25) is 0 Å². The molecule has 3 nitrogen and oxygen atoms in total. The molecular weight excluding hydrogens is 283 g/mol. The second kappa shape index (κ2) is 5.92. The third-order valence-corrected chi connectivity index (χ3v) is 3.24. The first kappa shape index (κ1) is 14.3. The summed E-state index contributed by atoms with van der Waals surface area (Å²) < 4.78 is 19.0. The molecule has 0 radical (unpaired) electrons. The SMILES string of the molecule is Cc1cc(OCc2cc(C(=O)O)ccc2F)ccc1Cl. The number of aryl methyl sites for hydroxylation is 1. The minimum atomic E-state index is -1.10. The van der Waals surface area contributed by atoms with Gasteiger partial charge in [-0.15, -0.1) is 0 Å². The molecular formula is C15H12ClFO3. The van der Waals surface area contributed by atoms with Gasteiger partial charge in [-0.05, 0) is 48.9 Å². The quantitative estimate of drug-likeness (QED) is 0.925. The fraction of sp³-hybridized carbons (Fsp3) is 0.133. The van der Waals surface area contributed by atoms with Crippen LogP contribution in [0.4, 0.5) is 4.39 Å². The van der Waals surface area contributed by atoms with Crippen molar-refractivity contribution in [3.05, 3.63) is 63.9 Å². The molecule has 0 amide bonds. The number of benzene rings is 2. The predicted molar refractivity (Wildman–Crippen MR) is 73.9 cm³/mol. The summed E-state index contributed by atoms with van der Waals surface area (Å²) in [6.07, 6.45) is 0. The van der Waals surface area contributed by atoms with E-state index in [9.17, 15) is 9.18 Å². The summed E-state index contributed by atoms with van der Waals surface area (Å²) in [5.41, 5.74) is 1.07. The molecule has 2 aromatic carbocycles. The van der Waals surface area contributed by atoms with E-state index in [4.69, 9.17) is 21.4 Å². The molecule has 0 aliphatic carbocycles. The van der Waals surface area contributed by atoms with E-state index in [-0.39, 0.29) is 17.7 Å². The van der Waals surface area contributed by atoms with Crippen molar-refractivity contribution in [2.45, 2.75) is 13.5 Å². The van der Waals surface area contributed by atoms with Crippen molar-refractivity contribution >= 4 is 17.6 Å². The Kier molecular flexibility index (Phi) is 4.25. The number of aromatic carboxylic acids is 1. The Morgan fingerprint density at radius 2 is 2.05 bits per heavy atom. The molecule has 0 aliphatic rings. The lowest BCUT2D eigenvalue weighted by Gasteiger charge is -2.09. The number of hydrogen-bond donors (Lipinski definition) is 1. The van der Waals surface area contributed by atoms with Crippen LogP contribution in [0.15, 0.2) is 36.4 Å². The maximum absolute atomic E-state index is 13.6.